The molecule has 1 fully saturated rings. The van der Waals surface area contributed by atoms with Gasteiger partial charge in [-0.15, -0.1) is 0 Å². The van der Waals surface area contributed by atoms with Gasteiger partial charge in [0.25, 0.3) is 0 Å². The summed E-state index contributed by atoms with van der Waals surface area (Å²) in [4.78, 5) is 24.5. The van der Waals surface area contributed by atoms with Crippen LogP contribution in [0.25, 0.3) is 0 Å². The van der Waals surface area contributed by atoms with Crippen molar-refractivity contribution >= 4 is 40.4 Å². The summed E-state index contributed by atoms with van der Waals surface area (Å²) < 4.78 is 0. The summed E-state index contributed by atoms with van der Waals surface area (Å²) in [5.74, 6) is -1.52. The van der Waals surface area contributed by atoms with E-state index in [1.54, 1.807) is 17.4 Å². The standard InChI is InChI=1S/C19H18ClN3O2S/c20-15-4-3-13(10-21)16(9-15)23-18(25)17(24)22-12-19(6-1-2-7-19)14-5-8-26-11-14/h3-5,8-9,11H,1-2,6-7,12H2,(H,22,24)(H,23,25). The van der Waals surface area contributed by atoms with Crippen molar-refractivity contribution in [2.75, 3.05) is 11.9 Å². The van der Waals surface area contributed by atoms with Crippen LogP contribution in [-0.4, -0.2) is 18.4 Å². The molecule has 0 unspecified atom stereocenters. The molecule has 2 amide bonds. The molecule has 1 aromatic carbocycles. The van der Waals surface area contributed by atoms with Gasteiger partial charge in [-0.3, -0.25) is 9.59 Å². The Kier molecular flexibility index (Phi) is 5.60. The lowest BCUT2D eigenvalue weighted by atomic mass is 9.80. The normalized spacial score (nSPS) is 15.2. The van der Waals surface area contributed by atoms with Crippen molar-refractivity contribution in [3.8, 4) is 6.07 Å². The molecule has 7 heteroatoms. The number of nitrogens with zero attached hydrogens (tertiary/aromatic N) is 1. The van der Waals surface area contributed by atoms with E-state index in [1.165, 1.54) is 17.7 Å². The van der Waals surface area contributed by atoms with Crippen LogP contribution in [0.5, 0.6) is 0 Å². The second kappa shape index (κ2) is 7.90. The molecule has 26 heavy (non-hydrogen) atoms. The van der Waals surface area contributed by atoms with E-state index < -0.39 is 11.8 Å². The van der Waals surface area contributed by atoms with Gasteiger partial charge >= 0.3 is 11.8 Å². The number of nitriles is 1. The number of hydrogen-bond acceptors (Lipinski definition) is 4. The van der Waals surface area contributed by atoms with Gasteiger partial charge in [0.05, 0.1) is 11.3 Å². The quantitative estimate of drug-likeness (QED) is 0.782. The minimum atomic E-state index is -0.803. The molecule has 1 aliphatic carbocycles. The minimum absolute atomic E-state index is 0.0934. The first-order valence-corrected chi connectivity index (χ1v) is 9.68. The highest BCUT2D eigenvalue weighted by Crippen LogP contribution is 2.41. The van der Waals surface area contributed by atoms with E-state index >= 15 is 0 Å². The van der Waals surface area contributed by atoms with Gasteiger partial charge < -0.3 is 10.6 Å². The van der Waals surface area contributed by atoms with E-state index in [0.717, 1.165) is 25.7 Å². The predicted molar refractivity (Wildman–Crippen MR) is 102 cm³/mol. The molecule has 0 saturated heterocycles. The third kappa shape index (κ3) is 3.90. The number of carbonyl (C=O) groups excluding carboxylic acids is 2. The zero-order chi connectivity index (χ0) is 18.6. The van der Waals surface area contributed by atoms with Crippen LogP contribution in [0.2, 0.25) is 5.02 Å². The van der Waals surface area contributed by atoms with Gasteiger partial charge in [0.15, 0.2) is 0 Å². The van der Waals surface area contributed by atoms with Crippen LogP contribution >= 0.6 is 22.9 Å². The van der Waals surface area contributed by atoms with Crippen molar-refractivity contribution < 1.29 is 9.59 Å². The zero-order valence-electron chi connectivity index (χ0n) is 14.0. The van der Waals surface area contributed by atoms with E-state index in [2.05, 4.69) is 22.1 Å². The Balaban J connectivity index is 1.66. The molecule has 5 nitrogen and oxygen atoms in total. The number of nitrogens with one attached hydrogen (secondary N) is 2. The molecule has 0 radical (unpaired) electrons. The maximum Gasteiger partial charge on any atom is 0.313 e. The molecular weight excluding hydrogens is 370 g/mol. The highest BCUT2D eigenvalue weighted by atomic mass is 35.5. The van der Waals surface area contributed by atoms with Gasteiger partial charge in [0.2, 0.25) is 0 Å². The number of amides is 2. The SMILES string of the molecule is N#Cc1ccc(Cl)cc1NC(=O)C(=O)NCC1(c2ccsc2)CCCC1. The zero-order valence-corrected chi connectivity index (χ0v) is 15.6. The maximum absolute atomic E-state index is 12.3. The van der Waals surface area contributed by atoms with Crippen LogP contribution in [0.1, 0.15) is 36.8 Å². The molecule has 2 N–H and O–H groups in total. The Labute approximate surface area is 161 Å². The fraction of sp³-hybridized carbons (Fsp3) is 0.316. The minimum Gasteiger partial charge on any atom is -0.347 e. The van der Waals surface area contributed by atoms with Crippen LogP contribution < -0.4 is 10.6 Å². The summed E-state index contributed by atoms with van der Waals surface area (Å²) in [6.45, 7) is 0.427. The Morgan fingerprint density at radius 2 is 2.00 bits per heavy atom. The monoisotopic (exact) mass is 387 g/mol. The van der Waals surface area contributed by atoms with Crippen molar-refractivity contribution in [1.82, 2.24) is 5.32 Å². The Morgan fingerprint density at radius 3 is 2.65 bits per heavy atom. The van der Waals surface area contributed by atoms with Gasteiger partial charge in [-0.2, -0.15) is 16.6 Å². The smallest absolute Gasteiger partial charge is 0.313 e. The van der Waals surface area contributed by atoms with Gasteiger partial charge in [-0.1, -0.05) is 24.4 Å². The molecule has 1 saturated carbocycles. The van der Waals surface area contributed by atoms with Crippen molar-refractivity contribution in [2.45, 2.75) is 31.1 Å². The molecule has 1 aliphatic rings. The summed E-state index contributed by atoms with van der Waals surface area (Å²) in [6, 6.07) is 8.56. The van der Waals surface area contributed by atoms with Crippen molar-refractivity contribution in [3.63, 3.8) is 0 Å². The van der Waals surface area contributed by atoms with E-state index in [9.17, 15) is 9.59 Å². The van der Waals surface area contributed by atoms with E-state index in [1.807, 2.05) is 11.4 Å². The number of carbonyl (C=O) groups is 2. The number of halogens is 1. The van der Waals surface area contributed by atoms with Gasteiger partial charge in [0.1, 0.15) is 6.07 Å². The number of hydrogen-bond donors (Lipinski definition) is 2. The summed E-state index contributed by atoms with van der Waals surface area (Å²) >= 11 is 7.54. The average molecular weight is 388 g/mol. The first kappa shape index (κ1) is 18.4. The Hall–Kier alpha value is -2.36. The Bertz CT molecular complexity index is 852. The molecule has 2 aromatic rings. The largest absolute Gasteiger partial charge is 0.347 e. The topological polar surface area (TPSA) is 82.0 Å². The average Bonchev–Trinajstić information content (AvgIpc) is 3.32. The lowest BCUT2D eigenvalue weighted by Crippen LogP contribution is -2.43. The van der Waals surface area contributed by atoms with Crippen LogP contribution in [0.15, 0.2) is 35.0 Å². The van der Waals surface area contributed by atoms with E-state index in [-0.39, 0.29) is 16.7 Å². The molecule has 0 spiro atoms. The fourth-order valence-electron chi connectivity index (χ4n) is 3.41. The first-order valence-electron chi connectivity index (χ1n) is 8.36. The molecular formula is C19H18ClN3O2S. The van der Waals surface area contributed by atoms with Crippen LogP contribution in [0, 0.1) is 11.3 Å². The summed E-state index contributed by atoms with van der Waals surface area (Å²) in [5.41, 5.74) is 1.61. The summed E-state index contributed by atoms with van der Waals surface area (Å²) in [7, 11) is 0. The van der Waals surface area contributed by atoms with Gasteiger partial charge in [0, 0.05) is 17.0 Å². The lowest BCUT2D eigenvalue weighted by molar-refractivity contribution is -0.136. The molecule has 0 bridgehead atoms. The molecule has 1 heterocycles. The maximum atomic E-state index is 12.3. The third-order valence-corrected chi connectivity index (χ3v) is 5.76. The number of thiophene rings is 1. The molecule has 0 aliphatic heterocycles. The number of rotatable bonds is 4. The lowest BCUT2D eigenvalue weighted by Gasteiger charge is -2.28. The van der Waals surface area contributed by atoms with Gasteiger partial charge in [-0.25, -0.2) is 0 Å². The highest BCUT2D eigenvalue weighted by molar-refractivity contribution is 7.08. The molecule has 3 rings (SSSR count). The predicted octanol–water partition coefficient (Wildman–Crippen LogP) is 3.84. The molecule has 134 valence electrons. The van der Waals surface area contributed by atoms with E-state index in [0.29, 0.717) is 11.6 Å². The van der Waals surface area contributed by atoms with Crippen LogP contribution in [0.3, 0.4) is 0 Å². The molecule has 0 atom stereocenters. The second-order valence-corrected chi connectivity index (χ2v) is 7.65. The third-order valence-electron chi connectivity index (χ3n) is 4.84. The number of benzene rings is 1. The Morgan fingerprint density at radius 1 is 1.23 bits per heavy atom. The molecule has 1 aromatic heterocycles. The summed E-state index contributed by atoms with van der Waals surface area (Å²) in [6.07, 6.45) is 4.23. The highest BCUT2D eigenvalue weighted by Gasteiger charge is 2.36. The van der Waals surface area contributed by atoms with Crippen molar-refractivity contribution in [1.29, 1.82) is 5.26 Å². The first-order chi connectivity index (χ1) is 12.5. The second-order valence-electron chi connectivity index (χ2n) is 6.44. The number of anilines is 1. The van der Waals surface area contributed by atoms with Crippen molar-refractivity contribution in [2.24, 2.45) is 0 Å². The van der Waals surface area contributed by atoms with E-state index in [4.69, 9.17) is 16.9 Å². The van der Waals surface area contributed by atoms with Crippen LogP contribution in [0.4, 0.5) is 5.69 Å². The van der Waals surface area contributed by atoms with Crippen LogP contribution in [-0.2, 0) is 15.0 Å². The van der Waals surface area contributed by atoms with Gasteiger partial charge in [-0.05, 0) is 53.4 Å². The summed E-state index contributed by atoms with van der Waals surface area (Å²) in [5, 5.41) is 18.9. The van der Waals surface area contributed by atoms with Crippen molar-refractivity contribution in [3.05, 3.63) is 51.2 Å². The fourth-order valence-corrected chi connectivity index (χ4v) is 4.36.